The number of carbonyl (C=O) groups is 2. The Morgan fingerprint density at radius 3 is 2.25 bits per heavy atom. The van der Waals surface area contributed by atoms with Gasteiger partial charge >= 0.3 is 6.09 Å². The van der Waals surface area contributed by atoms with Crippen LogP contribution >= 0.6 is 12.2 Å². The van der Waals surface area contributed by atoms with Crippen LogP contribution in [0.4, 0.5) is 10.5 Å². The predicted octanol–water partition coefficient (Wildman–Crippen LogP) is 5.50. The molecule has 0 bridgehead atoms. The first-order valence-corrected chi connectivity index (χ1v) is 15.6. The number of piperazine rings is 1. The van der Waals surface area contributed by atoms with Crippen LogP contribution in [0.25, 0.3) is 11.1 Å². The Morgan fingerprint density at radius 2 is 1.59 bits per heavy atom. The molecule has 4 rings (SSSR count). The van der Waals surface area contributed by atoms with Crippen LogP contribution in [0, 0.1) is 6.92 Å². The van der Waals surface area contributed by atoms with Gasteiger partial charge in [0.1, 0.15) is 5.60 Å². The summed E-state index contributed by atoms with van der Waals surface area (Å²) in [6.45, 7) is 13.6. The number of alkyl carbamates (subject to hydrolysis) is 1. The van der Waals surface area contributed by atoms with Crippen molar-refractivity contribution in [2.45, 2.75) is 39.7 Å². The predicted molar refractivity (Wildman–Crippen MR) is 182 cm³/mol. The Hall–Kier alpha value is -3.79. The largest absolute Gasteiger partial charge is 0.444 e. The third-order valence-corrected chi connectivity index (χ3v) is 7.93. The molecule has 8 nitrogen and oxygen atoms in total. The quantitative estimate of drug-likeness (QED) is 0.308. The van der Waals surface area contributed by atoms with Gasteiger partial charge < -0.3 is 24.8 Å². The molecule has 1 aliphatic rings. The van der Waals surface area contributed by atoms with Crippen molar-refractivity contribution in [3.63, 3.8) is 0 Å². The lowest BCUT2D eigenvalue weighted by Gasteiger charge is -2.32. The van der Waals surface area contributed by atoms with E-state index in [1.165, 1.54) is 5.56 Å². The Morgan fingerprint density at radius 1 is 0.932 bits per heavy atom. The van der Waals surface area contributed by atoms with E-state index in [1.807, 2.05) is 50.8 Å². The number of carbonyl (C=O) groups excluding carboxylic acids is 2. The van der Waals surface area contributed by atoms with E-state index < -0.39 is 11.7 Å². The summed E-state index contributed by atoms with van der Waals surface area (Å²) >= 11 is 5.77. The van der Waals surface area contributed by atoms with Crippen LogP contribution in [-0.2, 0) is 11.2 Å². The molecule has 1 heterocycles. The lowest BCUT2D eigenvalue weighted by Crippen LogP contribution is -2.46. The maximum Gasteiger partial charge on any atom is 0.407 e. The molecular weight excluding hydrogens is 570 g/mol. The monoisotopic (exact) mass is 615 g/mol. The van der Waals surface area contributed by atoms with Gasteiger partial charge in [0.25, 0.3) is 5.91 Å². The van der Waals surface area contributed by atoms with Gasteiger partial charge in [-0.15, -0.1) is 0 Å². The Kier molecular flexibility index (Phi) is 11.5. The Bertz CT molecular complexity index is 1410. The van der Waals surface area contributed by atoms with Gasteiger partial charge in [-0.2, -0.15) is 0 Å². The number of hydrogen-bond donors (Lipinski definition) is 2. The number of likely N-dealkylation sites (N-methyl/N-ethyl adjacent to an activating group) is 1. The van der Waals surface area contributed by atoms with Crippen molar-refractivity contribution in [1.29, 1.82) is 0 Å². The average molecular weight is 616 g/mol. The third kappa shape index (κ3) is 9.87. The molecule has 0 aromatic heterocycles. The number of nitrogens with one attached hydrogen (secondary N) is 2. The number of aryl methyl sites for hydroxylation is 1. The van der Waals surface area contributed by atoms with E-state index in [9.17, 15) is 9.59 Å². The summed E-state index contributed by atoms with van der Waals surface area (Å²) in [5, 5.41) is 5.94. The molecule has 234 valence electrons. The molecule has 0 unspecified atom stereocenters. The summed E-state index contributed by atoms with van der Waals surface area (Å²) in [6.07, 6.45) is 0.520. The molecule has 1 fully saturated rings. The van der Waals surface area contributed by atoms with E-state index in [4.69, 9.17) is 17.0 Å². The molecule has 0 spiro atoms. The number of benzene rings is 3. The molecule has 44 heavy (non-hydrogen) atoms. The van der Waals surface area contributed by atoms with Crippen LogP contribution in [0.2, 0.25) is 0 Å². The molecule has 3 aromatic carbocycles. The highest BCUT2D eigenvalue weighted by Gasteiger charge is 2.20. The second-order valence-electron chi connectivity index (χ2n) is 12.3. The summed E-state index contributed by atoms with van der Waals surface area (Å²) < 4.78 is 5.40. The molecule has 0 aliphatic carbocycles. The van der Waals surface area contributed by atoms with Crippen molar-refractivity contribution in [3.05, 3.63) is 89.5 Å². The van der Waals surface area contributed by atoms with Crippen molar-refractivity contribution in [1.82, 2.24) is 20.4 Å². The number of nitrogens with zero attached hydrogens (tertiary/aromatic N) is 3. The molecular formula is C35H45N5O3S. The third-order valence-electron chi connectivity index (χ3n) is 7.61. The fraction of sp³-hybridized carbons (Fsp3) is 0.400. The minimum absolute atomic E-state index is 0.254. The van der Waals surface area contributed by atoms with Crippen LogP contribution in [0.1, 0.15) is 42.3 Å². The summed E-state index contributed by atoms with van der Waals surface area (Å²) in [7, 11) is 2.18. The highest BCUT2D eigenvalue weighted by Crippen LogP contribution is 2.29. The van der Waals surface area contributed by atoms with E-state index in [2.05, 4.69) is 69.9 Å². The molecule has 3 aromatic rings. The molecule has 1 aliphatic heterocycles. The lowest BCUT2D eigenvalue weighted by atomic mass is 10.00. The molecule has 0 atom stereocenters. The number of anilines is 1. The van der Waals surface area contributed by atoms with Crippen LogP contribution in [0.5, 0.6) is 0 Å². The van der Waals surface area contributed by atoms with Gasteiger partial charge in [-0.25, -0.2) is 4.79 Å². The van der Waals surface area contributed by atoms with Gasteiger partial charge in [-0.1, -0.05) is 54.6 Å². The molecule has 2 amide bonds. The SMILES string of the molecule is Cc1ccc(-c2ccc(CCN3CCN(C)CC3)cc2)cc1N(CCNC(=O)OC(C)(C)C)C(=S)NC(=O)c1ccccc1. The van der Waals surface area contributed by atoms with Crippen LogP contribution in [0.3, 0.4) is 0 Å². The van der Waals surface area contributed by atoms with E-state index in [0.717, 1.165) is 61.5 Å². The second-order valence-corrected chi connectivity index (χ2v) is 12.7. The van der Waals surface area contributed by atoms with Crippen molar-refractivity contribution >= 4 is 35.0 Å². The average Bonchev–Trinajstić information content (AvgIpc) is 2.99. The van der Waals surface area contributed by atoms with Gasteiger partial charge in [-0.3, -0.25) is 10.1 Å². The zero-order valence-electron chi connectivity index (χ0n) is 26.6. The smallest absolute Gasteiger partial charge is 0.407 e. The summed E-state index contributed by atoms with van der Waals surface area (Å²) in [4.78, 5) is 32.1. The van der Waals surface area contributed by atoms with Gasteiger partial charge in [-0.05, 0) is 93.8 Å². The van der Waals surface area contributed by atoms with E-state index in [0.29, 0.717) is 12.1 Å². The van der Waals surface area contributed by atoms with Gasteiger partial charge in [0.15, 0.2) is 5.11 Å². The van der Waals surface area contributed by atoms with Gasteiger partial charge in [0.05, 0.1) is 0 Å². The van der Waals surface area contributed by atoms with Crippen molar-refractivity contribution < 1.29 is 14.3 Å². The first kappa shape index (κ1) is 33.1. The van der Waals surface area contributed by atoms with Gasteiger partial charge in [0, 0.05) is 57.1 Å². The normalized spacial score (nSPS) is 14.1. The fourth-order valence-corrected chi connectivity index (χ4v) is 5.33. The number of rotatable bonds is 9. The lowest BCUT2D eigenvalue weighted by molar-refractivity contribution is 0.0529. The highest BCUT2D eigenvalue weighted by molar-refractivity contribution is 7.80. The molecule has 0 radical (unpaired) electrons. The Labute approximate surface area is 267 Å². The first-order valence-electron chi connectivity index (χ1n) is 15.2. The van der Waals surface area contributed by atoms with Crippen LogP contribution < -0.4 is 15.5 Å². The minimum Gasteiger partial charge on any atom is -0.444 e. The van der Waals surface area contributed by atoms with Crippen molar-refractivity contribution in [2.24, 2.45) is 0 Å². The van der Waals surface area contributed by atoms with Crippen LogP contribution in [-0.4, -0.2) is 85.4 Å². The topological polar surface area (TPSA) is 77.2 Å². The number of hydrogen-bond acceptors (Lipinski definition) is 6. The molecule has 2 N–H and O–H groups in total. The highest BCUT2D eigenvalue weighted by atomic mass is 32.1. The van der Waals surface area contributed by atoms with Crippen molar-refractivity contribution in [3.8, 4) is 11.1 Å². The standard InChI is InChI=1S/C35H45N5O3S/c1-26-11-14-30(28-15-12-27(13-16-28)17-19-39-23-21-38(5)22-24-39)25-31(26)40(20-18-36-34(42)43-35(2,3)4)33(44)37-32(41)29-9-7-6-8-10-29/h6-16,25H,17-24H2,1-5H3,(H,36,42)(H,37,41,44). The minimum atomic E-state index is -0.603. The van der Waals surface area contributed by atoms with Crippen molar-refractivity contribution in [2.75, 3.05) is 57.8 Å². The maximum absolute atomic E-state index is 13.0. The maximum atomic E-state index is 13.0. The number of ether oxygens (including phenoxy) is 1. The zero-order valence-corrected chi connectivity index (χ0v) is 27.4. The van der Waals surface area contributed by atoms with E-state index >= 15 is 0 Å². The van der Waals surface area contributed by atoms with E-state index in [-0.39, 0.29) is 17.6 Å². The second kappa shape index (κ2) is 15.3. The fourth-order valence-electron chi connectivity index (χ4n) is 5.04. The van der Waals surface area contributed by atoms with E-state index in [1.54, 1.807) is 12.1 Å². The molecule has 0 saturated carbocycles. The molecule has 9 heteroatoms. The Balaban J connectivity index is 1.50. The van der Waals surface area contributed by atoms with Gasteiger partial charge in [0.2, 0.25) is 0 Å². The summed E-state index contributed by atoms with van der Waals surface area (Å²) in [5.74, 6) is -0.290. The zero-order chi connectivity index (χ0) is 31.7. The number of thiocarbonyl (C=S) groups is 1. The molecule has 1 saturated heterocycles. The van der Waals surface area contributed by atoms with Crippen LogP contribution in [0.15, 0.2) is 72.8 Å². The summed E-state index contributed by atoms with van der Waals surface area (Å²) in [6, 6.07) is 24.0. The number of amides is 2. The summed E-state index contributed by atoms with van der Waals surface area (Å²) in [5.41, 5.74) is 5.21. The first-order chi connectivity index (χ1) is 21.0.